The molecule has 7 nitrogen and oxygen atoms in total. The van der Waals surface area contributed by atoms with Gasteiger partial charge in [-0.05, 0) is 35.7 Å². The topological polar surface area (TPSA) is 101 Å². The van der Waals surface area contributed by atoms with Crippen molar-refractivity contribution < 1.29 is 14.8 Å². The standard InChI is InChI=1S/C20H22N4O3/c1-13-5-3-4-6-17(13)14-7-9-15(10-8-14)20(25)24-12-16(23-27-2)11-18(24)19(21)22-26/h3-10,18,26H,11-12H2,1-2H3,(H2,21,22)/b23-16+. The predicted octanol–water partition coefficient (Wildman–Crippen LogP) is 2.63. The number of amidine groups is 1. The number of rotatable bonds is 4. The molecule has 1 fully saturated rings. The largest absolute Gasteiger partial charge is 0.409 e. The van der Waals surface area contributed by atoms with Gasteiger partial charge in [0.1, 0.15) is 7.11 Å². The summed E-state index contributed by atoms with van der Waals surface area (Å²) in [6.07, 6.45) is 0.372. The van der Waals surface area contributed by atoms with Crippen LogP contribution in [-0.4, -0.2) is 47.3 Å². The summed E-state index contributed by atoms with van der Waals surface area (Å²) in [7, 11) is 1.44. The molecule has 1 atom stereocenters. The molecule has 0 bridgehead atoms. The Balaban J connectivity index is 1.86. The van der Waals surface area contributed by atoms with E-state index in [2.05, 4.69) is 29.4 Å². The van der Waals surface area contributed by atoms with Crippen LogP contribution in [0.25, 0.3) is 11.1 Å². The molecule has 1 saturated heterocycles. The number of hydrogen-bond donors (Lipinski definition) is 2. The van der Waals surface area contributed by atoms with E-state index in [1.165, 1.54) is 17.6 Å². The van der Waals surface area contributed by atoms with Gasteiger partial charge in [0.15, 0.2) is 5.84 Å². The van der Waals surface area contributed by atoms with E-state index in [1.54, 1.807) is 12.1 Å². The number of carbonyl (C=O) groups is 1. The van der Waals surface area contributed by atoms with Crippen molar-refractivity contribution >= 4 is 17.5 Å². The fourth-order valence-electron chi connectivity index (χ4n) is 3.30. The number of nitrogens with zero attached hydrogens (tertiary/aromatic N) is 3. The molecule has 2 aromatic carbocycles. The maximum Gasteiger partial charge on any atom is 0.254 e. The molecular formula is C20H22N4O3. The van der Waals surface area contributed by atoms with Crippen LogP contribution in [0.5, 0.6) is 0 Å². The molecule has 0 aliphatic carbocycles. The summed E-state index contributed by atoms with van der Waals surface area (Å²) in [5.41, 5.74) is 10.3. The third-order valence-corrected chi connectivity index (χ3v) is 4.68. The minimum atomic E-state index is -0.549. The van der Waals surface area contributed by atoms with Crippen LogP contribution in [0.1, 0.15) is 22.3 Å². The first kappa shape index (κ1) is 18.4. The highest BCUT2D eigenvalue weighted by Gasteiger charge is 2.36. The van der Waals surface area contributed by atoms with Crippen LogP contribution in [0.15, 0.2) is 58.8 Å². The van der Waals surface area contributed by atoms with Crippen LogP contribution in [-0.2, 0) is 4.84 Å². The summed E-state index contributed by atoms with van der Waals surface area (Å²) in [6, 6.07) is 15.0. The van der Waals surface area contributed by atoms with E-state index in [4.69, 9.17) is 15.8 Å². The summed E-state index contributed by atoms with van der Waals surface area (Å²) in [5, 5.41) is 16.0. The third kappa shape index (κ3) is 3.76. The maximum atomic E-state index is 13.0. The number of carbonyl (C=O) groups excluding carboxylic acids is 1. The number of hydrogen-bond acceptors (Lipinski definition) is 5. The lowest BCUT2D eigenvalue weighted by Crippen LogP contribution is -2.43. The summed E-state index contributed by atoms with van der Waals surface area (Å²) < 4.78 is 0. The van der Waals surface area contributed by atoms with Crippen molar-refractivity contribution in [2.75, 3.05) is 13.7 Å². The zero-order chi connectivity index (χ0) is 19.4. The lowest BCUT2D eigenvalue weighted by atomic mass is 9.99. The van der Waals surface area contributed by atoms with Crippen LogP contribution in [0, 0.1) is 6.92 Å². The number of oxime groups is 2. The normalized spacial score (nSPS) is 18.7. The van der Waals surface area contributed by atoms with E-state index in [0.29, 0.717) is 17.7 Å². The van der Waals surface area contributed by atoms with Gasteiger partial charge in [0.2, 0.25) is 0 Å². The zero-order valence-corrected chi connectivity index (χ0v) is 15.3. The smallest absolute Gasteiger partial charge is 0.254 e. The molecule has 0 spiro atoms. The molecule has 27 heavy (non-hydrogen) atoms. The van der Waals surface area contributed by atoms with Crippen molar-refractivity contribution in [1.29, 1.82) is 0 Å². The predicted molar refractivity (Wildman–Crippen MR) is 104 cm³/mol. The van der Waals surface area contributed by atoms with Gasteiger partial charge >= 0.3 is 0 Å². The number of amides is 1. The molecular weight excluding hydrogens is 344 g/mol. The summed E-state index contributed by atoms with van der Waals surface area (Å²) in [6.45, 7) is 2.32. The van der Waals surface area contributed by atoms with E-state index < -0.39 is 6.04 Å². The van der Waals surface area contributed by atoms with Gasteiger partial charge in [-0.2, -0.15) is 0 Å². The second-order valence-electron chi connectivity index (χ2n) is 6.41. The van der Waals surface area contributed by atoms with Crippen molar-refractivity contribution in [3.05, 3.63) is 59.7 Å². The Bertz CT molecular complexity index is 890. The Hall–Kier alpha value is -3.35. The zero-order valence-electron chi connectivity index (χ0n) is 15.3. The molecule has 1 aliphatic rings. The second kappa shape index (κ2) is 7.90. The van der Waals surface area contributed by atoms with E-state index in [9.17, 15) is 4.79 Å². The molecule has 1 aliphatic heterocycles. The molecule has 2 aromatic rings. The molecule has 1 amide bonds. The summed E-state index contributed by atoms with van der Waals surface area (Å²) in [5.74, 6) is -0.231. The molecule has 0 radical (unpaired) electrons. The maximum absolute atomic E-state index is 13.0. The summed E-state index contributed by atoms with van der Waals surface area (Å²) in [4.78, 5) is 19.3. The average molecular weight is 366 g/mol. The minimum Gasteiger partial charge on any atom is -0.409 e. The lowest BCUT2D eigenvalue weighted by molar-refractivity contribution is 0.0772. The molecule has 1 heterocycles. The van der Waals surface area contributed by atoms with Crippen molar-refractivity contribution in [1.82, 2.24) is 4.90 Å². The Morgan fingerprint density at radius 2 is 1.93 bits per heavy atom. The first-order valence-electron chi connectivity index (χ1n) is 8.58. The number of likely N-dealkylation sites (tertiary alicyclic amines) is 1. The van der Waals surface area contributed by atoms with Crippen molar-refractivity contribution in [3.8, 4) is 11.1 Å². The second-order valence-corrected chi connectivity index (χ2v) is 6.41. The fraction of sp³-hybridized carbons (Fsp3) is 0.250. The van der Waals surface area contributed by atoms with Gasteiger partial charge in [-0.15, -0.1) is 0 Å². The van der Waals surface area contributed by atoms with Crippen molar-refractivity contribution in [3.63, 3.8) is 0 Å². The SMILES string of the molecule is CO/N=C1\CC(/C(N)=N/O)N(C(=O)c2ccc(-c3ccccc3C)cc2)C1. The quantitative estimate of drug-likeness (QED) is 0.376. The molecule has 3 rings (SSSR count). The van der Waals surface area contributed by atoms with Crippen LogP contribution in [0.2, 0.25) is 0 Å². The molecule has 140 valence electrons. The molecule has 7 heteroatoms. The third-order valence-electron chi connectivity index (χ3n) is 4.68. The molecule has 0 saturated carbocycles. The van der Waals surface area contributed by atoms with Gasteiger partial charge in [-0.3, -0.25) is 4.79 Å². The van der Waals surface area contributed by atoms with E-state index in [0.717, 1.165) is 11.1 Å². The Kier molecular flexibility index (Phi) is 5.40. The van der Waals surface area contributed by atoms with Gasteiger partial charge in [-0.25, -0.2) is 0 Å². The first-order chi connectivity index (χ1) is 13.0. The van der Waals surface area contributed by atoms with Crippen LogP contribution >= 0.6 is 0 Å². The van der Waals surface area contributed by atoms with E-state index in [1.807, 2.05) is 24.3 Å². The first-order valence-corrected chi connectivity index (χ1v) is 8.58. The Morgan fingerprint density at radius 3 is 2.56 bits per heavy atom. The van der Waals surface area contributed by atoms with Gasteiger partial charge < -0.3 is 20.7 Å². The monoisotopic (exact) mass is 366 g/mol. The highest BCUT2D eigenvalue weighted by atomic mass is 16.6. The lowest BCUT2D eigenvalue weighted by Gasteiger charge is -2.23. The van der Waals surface area contributed by atoms with Crippen molar-refractivity contribution in [2.45, 2.75) is 19.4 Å². The Morgan fingerprint density at radius 1 is 1.22 bits per heavy atom. The minimum absolute atomic E-state index is 0.0267. The van der Waals surface area contributed by atoms with Gasteiger partial charge in [0.25, 0.3) is 5.91 Å². The number of aryl methyl sites for hydroxylation is 1. The molecule has 1 unspecified atom stereocenters. The molecule has 3 N–H and O–H groups in total. The summed E-state index contributed by atoms with van der Waals surface area (Å²) >= 11 is 0. The van der Waals surface area contributed by atoms with Gasteiger partial charge in [0, 0.05) is 12.0 Å². The fourth-order valence-corrected chi connectivity index (χ4v) is 3.30. The highest BCUT2D eigenvalue weighted by Crippen LogP contribution is 2.25. The van der Waals surface area contributed by atoms with Crippen molar-refractivity contribution in [2.24, 2.45) is 16.0 Å². The van der Waals surface area contributed by atoms with Gasteiger partial charge in [-0.1, -0.05) is 46.7 Å². The average Bonchev–Trinajstić information content (AvgIpc) is 3.11. The molecule has 0 aromatic heterocycles. The number of benzene rings is 2. The number of nitrogens with two attached hydrogens (primary N) is 1. The van der Waals surface area contributed by atoms with Gasteiger partial charge in [0.05, 0.1) is 18.3 Å². The highest BCUT2D eigenvalue weighted by molar-refractivity contribution is 6.06. The van der Waals surface area contributed by atoms with Crippen LogP contribution in [0.4, 0.5) is 0 Å². The Labute approximate surface area is 157 Å². The van der Waals surface area contributed by atoms with Crippen LogP contribution < -0.4 is 5.73 Å². The van der Waals surface area contributed by atoms with E-state index in [-0.39, 0.29) is 18.3 Å². The van der Waals surface area contributed by atoms with E-state index >= 15 is 0 Å². The van der Waals surface area contributed by atoms with Crippen LogP contribution in [0.3, 0.4) is 0 Å².